The Bertz CT molecular complexity index is 747. The Hall–Kier alpha value is 0.179. The SMILES string of the molecule is C=CC[Si](C)(C)C1=C(CCC[Si](OCC)(OCC)OCC)C[C]([Pt]([CH3])([CH3])[CH3])=C1[Si](C)(C)CC=C. The van der Waals surface area contributed by atoms with E-state index in [1.165, 1.54) is 6.42 Å². The first-order valence-electron chi connectivity index (χ1n) is 12.7. The summed E-state index contributed by atoms with van der Waals surface area (Å²) >= 11 is -1.94. The van der Waals surface area contributed by atoms with Crippen LogP contribution in [0.4, 0.5) is 0 Å². The fourth-order valence-corrected chi connectivity index (χ4v) is 23.5. The van der Waals surface area contributed by atoms with Crippen molar-refractivity contribution in [1.82, 2.24) is 0 Å². The topological polar surface area (TPSA) is 27.7 Å². The Balaban J connectivity index is 3.48. The van der Waals surface area contributed by atoms with Crippen LogP contribution in [0, 0.1) is 0 Å². The summed E-state index contributed by atoms with van der Waals surface area (Å²) in [5, 5.41) is 11.4. The zero-order chi connectivity index (χ0) is 26.2. The van der Waals surface area contributed by atoms with E-state index in [9.17, 15) is 0 Å². The molecule has 7 heteroatoms. The van der Waals surface area contributed by atoms with E-state index < -0.39 is 41.0 Å². The molecule has 0 radical (unpaired) electrons. The minimum absolute atomic E-state index is 0.647. The van der Waals surface area contributed by atoms with Crippen molar-refractivity contribution in [3.8, 4) is 0 Å². The van der Waals surface area contributed by atoms with Gasteiger partial charge in [0.15, 0.2) is 0 Å². The molecule has 0 aromatic heterocycles. The first-order valence-corrected chi connectivity index (χ1v) is 29.0. The average Bonchev–Trinajstić information content (AvgIpc) is 3.10. The predicted octanol–water partition coefficient (Wildman–Crippen LogP) is 8.93. The van der Waals surface area contributed by atoms with E-state index in [0.717, 1.165) is 31.0 Å². The summed E-state index contributed by atoms with van der Waals surface area (Å²) in [7, 11) is -5.87. The monoisotopic (exact) mass is 705 g/mol. The second kappa shape index (κ2) is 13.6. The molecule has 1 aliphatic carbocycles. The predicted molar refractivity (Wildman–Crippen MR) is 156 cm³/mol. The Morgan fingerprint density at radius 1 is 0.794 bits per heavy atom. The van der Waals surface area contributed by atoms with Gasteiger partial charge in [0.2, 0.25) is 0 Å². The van der Waals surface area contributed by atoms with Gasteiger partial charge in [-0.15, -0.1) is 0 Å². The molecule has 202 valence electrons. The fourth-order valence-electron chi connectivity index (χ4n) is 5.22. The Kier molecular flexibility index (Phi) is 12.9. The summed E-state index contributed by atoms with van der Waals surface area (Å²) in [6.07, 6.45) is 7.76. The van der Waals surface area contributed by atoms with E-state index in [-0.39, 0.29) is 0 Å². The molecule has 0 spiro atoms. The van der Waals surface area contributed by atoms with Gasteiger partial charge in [0, 0.05) is 0 Å². The molecule has 34 heavy (non-hydrogen) atoms. The molecule has 0 amide bonds. The summed E-state index contributed by atoms with van der Waals surface area (Å²) < 4.78 is 20.3. The van der Waals surface area contributed by atoms with Crippen molar-refractivity contribution in [3.63, 3.8) is 0 Å². The maximum atomic E-state index is 6.16. The summed E-state index contributed by atoms with van der Waals surface area (Å²) in [5.74, 6) is 0. The molecular weight excluding hydrogens is 652 g/mol. The van der Waals surface area contributed by atoms with Crippen LogP contribution in [-0.2, 0) is 29.3 Å². The number of allylic oxidation sites excluding steroid dienone is 6. The van der Waals surface area contributed by atoms with Crippen molar-refractivity contribution in [2.45, 2.75) is 100 Å². The molecule has 0 saturated heterocycles. The minimum atomic E-state index is -2.60. The first kappa shape index (κ1) is 32.2. The summed E-state index contributed by atoms with van der Waals surface area (Å²) in [4.78, 5) is 0. The van der Waals surface area contributed by atoms with Crippen LogP contribution in [0.15, 0.2) is 45.2 Å². The van der Waals surface area contributed by atoms with Gasteiger partial charge >= 0.3 is 220 Å². The molecule has 0 fully saturated rings. The van der Waals surface area contributed by atoms with Crippen LogP contribution in [0.25, 0.3) is 0 Å². The third-order valence-electron chi connectivity index (χ3n) is 6.51. The zero-order valence-corrected chi connectivity index (χ0v) is 29.2. The quantitative estimate of drug-likeness (QED) is 0.112. The van der Waals surface area contributed by atoms with Gasteiger partial charge in [0.1, 0.15) is 0 Å². The van der Waals surface area contributed by atoms with Crippen molar-refractivity contribution < 1.29 is 29.3 Å². The number of hydrogen-bond donors (Lipinski definition) is 0. The average molecular weight is 706 g/mol. The number of hydrogen-bond acceptors (Lipinski definition) is 3. The molecule has 3 nitrogen and oxygen atoms in total. The van der Waals surface area contributed by atoms with Crippen molar-refractivity contribution in [2.24, 2.45) is 0 Å². The van der Waals surface area contributed by atoms with Gasteiger partial charge in [-0.3, -0.25) is 0 Å². The molecule has 0 saturated carbocycles. The number of rotatable bonds is 17. The van der Waals surface area contributed by atoms with Crippen LogP contribution in [0.2, 0.25) is 60.3 Å². The first-order chi connectivity index (χ1) is 15.7. The van der Waals surface area contributed by atoms with Crippen molar-refractivity contribution in [2.75, 3.05) is 19.8 Å². The third-order valence-corrected chi connectivity index (χ3v) is 22.0. The van der Waals surface area contributed by atoms with Crippen molar-refractivity contribution in [3.05, 3.63) is 45.2 Å². The Labute approximate surface area is 218 Å². The summed E-state index contributed by atoms with van der Waals surface area (Å²) in [6, 6.07) is 3.21. The molecular formula is C27H54O3PtSi3. The van der Waals surface area contributed by atoms with Gasteiger partial charge in [0.25, 0.3) is 0 Å². The van der Waals surface area contributed by atoms with Crippen molar-refractivity contribution >= 4 is 25.0 Å². The standard InChI is InChI=1S/C24H45O3Si3.3CH3.Pt/c1-10-19-28(6,7)23-18-17-22(24(23)29(8,9)20-11-2)16-15-21-30(25-12-3,26-13-4)27-14-5;;;;/h10-11H,1-2,12-17,19-21H2,3-9H3;3*1H3;. The Morgan fingerprint density at radius 3 is 1.62 bits per heavy atom. The van der Waals surface area contributed by atoms with E-state index in [1.54, 1.807) is 10.8 Å². The van der Waals surface area contributed by atoms with Gasteiger partial charge in [-0.05, 0) is 0 Å². The molecule has 1 rings (SSSR count). The normalized spacial score (nSPS) is 16.4. The van der Waals surface area contributed by atoms with Gasteiger partial charge < -0.3 is 0 Å². The summed E-state index contributed by atoms with van der Waals surface area (Å²) in [5.41, 5.74) is 1.72. The summed E-state index contributed by atoms with van der Waals surface area (Å²) in [6.45, 7) is 26.7. The Morgan fingerprint density at radius 2 is 1.24 bits per heavy atom. The molecule has 0 aliphatic heterocycles. The molecule has 0 heterocycles. The van der Waals surface area contributed by atoms with E-state index in [4.69, 9.17) is 13.3 Å². The van der Waals surface area contributed by atoms with Gasteiger partial charge in [-0.25, -0.2) is 0 Å². The van der Waals surface area contributed by atoms with Crippen LogP contribution >= 0.6 is 0 Å². The molecule has 0 atom stereocenters. The van der Waals surface area contributed by atoms with Crippen LogP contribution in [0.1, 0.15) is 40.0 Å². The molecule has 0 N–H and O–H groups in total. The molecule has 0 unspecified atom stereocenters. The molecule has 0 aromatic rings. The van der Waals surface area contributed by atoms with Crippen molar-refractivity contribution in [1.29, 1.82) is 0 Å². The van der Waals surface area contributed by atoms with Crippen LogP contribution in [0.5, 0.6) is 0 Å². The van der Waals surface area contributed by atoms with Crippen LogP contribution < -0.4 is 0 Å². The zero-order valence-electron chi connectivity index (χ0n) is 24.0. The van der Waals surface area contributed by atoms with E-state index >= 15 is 0 Å². The second-order valence-electron chi connectivity index (χ2n) is 10.9. The van der Waals surface area contributed by atoms with Gasteiger partial charge in [-0.2, -0.15) is 0 Å². The van der Waals surface area contributed by atoms with Gasteiger partial charge in [-0.1, -0.05) is 0 Å². The second-order valence-corrected chi connectivity index (χ2v) is 34.6. The van der Waals surface area contributed by atoms with Crippen LogP contribution in [-0.4, -0.2) is 44.8 Å². The molecule has 0 aromatic carbocycles. The van der Waals surface area contributed by atoms with E-state index in [2.05, 4.69) is 67.4 Å². The van der Waals surface area contributed by atoms with E-state index in [0.29, 0.717) is 19.8 Å². The molecule has 1 aliphatic rings. The maximum absolute atomic E-state index is 6.16. The fraction of sp³-hybridized carbons (Fsp3) is 0.704. The van der Waals surface area contributed by atoms with E-state index in [1.807, 2.05) is 29.9 Å². The van der Waals surface area contributed by atoms with Gasteiger partial charge in [0.05, 0.1) is 0 Å². The van der Waals surface area contributed by atoms with Crippen LogP contribution in [0.3, 0.4) is 0 Å². The third kappa shape index (κ3) is 8.36. The molecule has 0 bridgehead atoms.